The van der Waals surface area contributed by atoms with Crippen molar-refractivity contribution in [1.82, 2.24) is 15.4 Å². The Balaban J connectivity index is 1.27. The van der Waals surface area contributed by atoms with Gasteiger partial charge in [-0.05, 0) is 139 Å². The zero-order valence-corrected chi connectivity index (χ0v) is 31.6. The molecule has 0 bridgehead atoms. The van der Waals surface area contributed by atoms with Crippen molar-refractivity contribution in [3.05, 3.63) is 53.6 Å². The van der Waals surface area contributed by atoms with Gasteiger partial charge in [-0.3, -0.25) is 0 Å². The van der Waals surface area contributed by atoms with Gasteiger partial charge in [0, 0.05) is 18.6 Å². The van der Waals surface area contributed by atoms with Gasteiger partial charge in [-0.2, -0.15) is 0 Å². The van der Waals surface area contributed by atoms with Crippen LogP contribution in [-0.4, -0.2) is 50.4 Å². The summed E-state index contributed by atoms with van der Waals surface area (Å²) in [6.45, 7) is 19.7. The molecule has 0 saturated heterocycles. The molecular weight excluding hydrogens is 635 g/mol. The van der Waals surface area contributed by atoms with Crippen LogP contribution in [-0.2, 0) is 10.0 Å². The van der Waals surface area contributed by atoms with Gasteiger partial charge in [0.25, 0.3) is 0 Å². The highest BCUT2D eigenvalue weighted by Gasteiger charge is 2.70. The van der Waals surface area contributed by atoms with Crippen molar-refractivity contribution >= 4 is 27.6 Å². The van der Waals surface area contributed by atoms with E-state index >= 15 is 0 Å². The van der Waals surface area contributed by atoms with E-state index in [-0.39, 0.29) is 46.3 Å². The third-order valence-electron chi connectivity index (χ3n) is 15.2. The van der Waals surface area contributed by atoms with E-state index in [4.69, 9.17) is 0 Å². The molecule has 8 nitrogen and oxygen atoms in total. The van der Waals surface area contributed by atoms with Crippen LogP contribution in [0.1, 0.15) is 115 Å². The fourth-order valence-electron chi connectivity index (χ4n) is 12.9. The normalized spacial score (nSPS) is 39.3. The van der Waals surface area contributed by atoms with Crippen LogP contribution in [0.2, 0.25) is 0 Å². The van der Waals surface area contributed by atoms with Crippen molar-refractivity contribution in [1.29, 1.82) is 0 Å². The maximum Gasteiger partial charge on any atom is 0.335 e. The fraction of sp³-hybridized carbons (Fsp3) is 0.700. The Morgan fingerprint density at radius 2 is 1.59 bits per heavy atom. The number of rotatable bonds is 8. The first-order valence-electron chi connectivity index (χ1n) is 18.5. The van der Waals surface area contributed by atoms with E-state index < -0.39 is 16.0 Å². The van der Waals surface area contributed by atoms with E-state index in [1.807, 2.05) is 12.1 Å². The molecule has 4 saturated carbocycles. The number of sulfonamides is 1. The van der Waals surface area contributed by atoms with Crippen LogP contribution in [0.3, 0.4) is 0 Å². The Labute approximate surface area is 294 Å². The lowest BCUT2D eigenvalue weighted by atomic mass is 9.33. The van der Waals surface area contributed by atoms with Gasteiger partial charge in [0.05, 0.1) is 11.8 Å². The van der Waals surface area contributed by atoms with Crippen molar-refractivity contribution in [2.24, 2.45) is 51.2 Å². The van der Waals surface area contributed by atoms with Gasteiger partial charge in [0.15, 0.2) is 0 Å². The van der Waals surface area contributed by atoms with E-state index in [9.17, 15) is 23.1 Å². The van der Waals surface area contributed by atoms with Crippen LogP contribution in [0, 0.1) is 51.2 Å². The first-order valence-corrected chi connectivity index (χ1v) is 20.4. The number of carboxylic acid groups (broad SMARTS) is 1. The molecule has 0 spiro atoms. The SMILES string of the molecule is C=C(C)C1CCC2(NC(=O)NCCNS(C)(=O)=O)CCC3(C)C(CCC4C5(C)CC=C(c6ccc(C(=O)O)cc6)C(C)(C)C5CCC43C)C12. The van der Waals surface area contributed by atoms with E-state index in [0.29, 0.717) is 35.2 Å². The van der Waals surface area contributed by atoms with Gasteiger partial charge in [0.1, 0.15) is 0 Å². The molecule has 9 heteroatoms. The first-order chi connectivity index (χ1) is 22.8. The minimum absolute atomic E-state index is 0.0385. The van der Waals surface area contributed by atoms with Crippen molar-refractivity contribution in [2.75, 3.05) is 19.3 Å². The highest BCUT2D eigenvalue weighted by atomic mass is 32.2. The molecule has 0 aliphatic heterocycles. The third kappa shape index (κ3) is 5.79. The number of carboxylic acids is 1. The van der Waals surface area contributed by atoms with Gasteiger partial charge in [-0.1, -0.05) is 65.0 Å². The quantitative estimate of drug-likeness (QED) is 0.165. The predicted octanol–water partition coefficient (Wildman–Crippen LogP) is 7.64. The smallest absolute Gasteiger partial charge is 0.335 e. The summed E-state index contributed by atoms with van der Waals surface area (Å²) in [4.78, 5) is 24.9. The number of aromatic carboxylic acids is 1. The highest BCUT2D eigenvalue weighted by Crippen LogP contribution is 2.76. The van der Waals surface area contributed by atoms with Crippen LogP contribution >= 0.6 is 0 Å². The number of hydrogen-bond donors (Lipinski definition) is 4. The minimum atomic E-state index is -3.31. The number of nitrogens with one attached hydrogen (secondary N) is 3. The zero-order chi connectivity index (χ0) is 35.8. The topological polar surface area (TPSA) is 125 Å². The summed E-state index contributed by atoms with van der Waals surface area (Å²) in [5, 5.41) is 15.9. The molecule has 6 rings (SSSR count). The van der Waals surface area contributed by atoms with Crippen LogP contribution < -0.4 is 15.4 Å². The molecule has 4 fully saturated rings. The van der Waals surface area contributed by atoms with E-state index in [1.54, 1.807) is 12.1 Å². The Morgan fingerprint density at radius 3 is 2.22 bits per heavy atom. The molecular formula is C40H59N3O5S. The second-order valence-corrected chi connectivity index (χ2v) is 19.6. The molecule has 9 unspecified atom stereocenters. The van der Waals surface area contributed by atoms with E-state index in [0.717, 1.165) is 50.3 Å². The minimum Gasteiger partial charge on any atom is -0.478 e. The number of amides is 2. The molecule has 0 heterocycles. The van der Waals surface area contributed by atoms with Crippen molar-refractivity contribution in [2.45, 2.75) is 105 Å². The number of fused-ring (bicyclic) bond motifs is 7. The Bertz CT molecular complexity index is 1650. The molecule has 1 aromatic rings. The molecule has 0 aromatic heterocycles. The number of urea groups is 1. The summed E-state index contributed by atoms with van der Waals surface area (Å²) in [7, 11) is -3.31. The van der Waals surface area contributed by atoms with Gasteiger partial charge >= 0.3 is 12.0 Å². The lowest BCUT2D eigenvalue weighted by molar-refractivity contribution is -0.218. The zero-order valence-electron chi connectivity index (χ0n) is 30.7. The summed E-state index contributed by atoms with van der Waals surface area (Å²) in [5.74, 6) is 1.40. The average Bonchev–Trinajstić information content (AvgIpc) is 3.38. The maximum atomic E-state index is 13.4. The van der Waals surface area contributed by atoms with Gasteiger partial charge < -0.3 is 15.7 Å². The number of benzene rings is 1. The summed E-state index contributed by atoms with van der Waals surface area (Å²) >= 11 is 0. The molecule has 270 valence electrons. The Hall–Kier alpha value is -2.65. The lowest BCUT2D eigenvalue weighted by Gasteiger charge is -2.72. The number of carbonyl (C=O) groups excluding carboxylic acids is 1. The van der Waals surface area contributed by atoms with Crippen LogP contribution in [0.25, 0.3) is 5.57 Å². The Kier molecular flexibility index (Phi) is 9.03. The Morgan fingerprint density at radius 1 is 0.898 bits per heavy atom. The molecule has 4 N–H and O–H groups in total. The summed E-state index contributed by atoms with van der Waals surface area (Å²) in [6.07, 6.45) is 13.4. The largest absolute Gasteiger partial charge is 0.478 e. The van der Waals surface area contributed by atoms with Crippen LogP contribution in [0.5, 0.6) is 0 Å². The number of carbonyl (C=O) groups is 2. The van der Waals surface area contributed by atoms with Crippen molar-refractivity contribution < 1.29 is 23.1 Å². The van der Waals surface area contributed by atoms with Crippen LogP contribution in [0.4, 0.5) is 4.79 Å². The van der Waals surface area contributed by atoms with Crippen LogP contribution in [0.15, 0.2) is 42.5 Å². The number of hydrogen-bond acceptors (Lipinski definition) is 4. The molecule has 5 aliphatic carbocycles. The molecule has 9 atom stereocenters. The second-order valence-electron chi connectivity index (χ2n) is 17.8. The molecule has 1 aromatic carbocycles. The van der Waals surface area contributed by atoms with E-state index in [1.165, 1.54) is 30.4 Å². The van der Waals surface area contributed by atoms with E-state index in [2.05, 4.69) is 69.6 Å². The lowest BCUT2D eigenvalue weighted by Crippen LogP contribution is -2.68. The molecule has 49 heavy (non-hydrogen) atoms. The maximum absolute atomic E-state index is 13.4. The van der Waals surface area contributed by atoms with Crippen molar-refractivity contribution in [3.8, 4) is 0 Å². The monoisotopic (exact) mass is 693 g/mol. The molecule has 5 aliphatic rings. The van der Waals surface area contributed by atoms with Crippen molar-refractivity contribution in [3.63, 3.8) is 0 Å². The highest BCUT2D eigenvalue weighted by molar-refractivity contribution is 7.88. The first kappa shape index (κ1) is 36.2. The third-order valence-corrected chi connectivity index (χ3v) is 16.0. The summed E-state index contributed by atoms with van der Waals surface area (Å²) < 4.78 is 25.5. The fourth-order valence-corrected chi connectivity index (χ4v) is 13.4. The summed E-state index contributed by atoms with van der Waals surface area (Å²) in [6, 6.07) is 7.26. The average molecular weight is 694 g/mol. The predicted molar refractivity (Wildman–Crippen MR) is 195 cm³/mol. The van der Waals surface area contributed by atoms with Gasteiger partial charge in [-0.15, -0.1) is 0 Å². The standard InChI is InChI=1S/C40H59N3O5S/c1-25(2)28-15-20-40(43-35(46)41-23-24-42-49(8,47)48)22-21-38(6)30(33(28)40)13-14-32-37(5)18-16-29(26-9-11-27(12-10-26)34(44)45)36(3,4)31(37)17-19-39(32,38)7/h9-12,16,28,30-33,42H,1,13-15,17-24H2,2-8H3,(H,44,45)(H2,41,43,46). The van der Waals surface area contributed by atoms with Gasteiger partial charge in [0.2, 0.25) is 10.0 Å². The second kappa shape index (κ2) is 12.2. The number of allylic oxidation sites excluding steroid dienone is 3. The van der Waals surface area contributed by atoms with Gasteiger partial charge in [-0.25, -0.2) is 22.7 Å². The molecule has 0 radical (unpaired) electrons. The molecule has 2 amide bonds. The summed E-state index contributed by atoms with van der Waals surface area (Å²) in [5.41, 5.74) is 4.17.